The first-order valence-corrected chi connectivity index (χ1v) is 11.6. The Morgan fingerprint density at radius 3 is 2.70 bits per heavy atom. The summed E-state index contributed by atoms with van der Waals surface area (Å²) in [4.78, 5) is 19.8. The van der Waals surface area contributed by atoms with Gasteiger partial charge in [0.15, 0.2) is 0 Å². The monoisotopic (exact) mass is 450 g/mol. The number of piperidine rings is 1. The van der Waals surface area contributed by atoms with Crippen LogP contribution in [0.3, 0.4) is 0 Å². The summed E-state index contributed by atoms with van der Waals surface area (Å²) in [6, 6.07) is 14.2. The van der Waals surface area contributed by atoms with E-state index >= 15 is 0 Å². The van der Waals surface area contributed by atoms with Gasteiger partial charge in [-0.05, 0) is 67.6 Å². The van der Waals surface area contributed by atoms with Crippen LogP contribution in [0.1, 0.15) is 49.7 Å². The third-order valence-corrected chi connectivity index (χ3v) is 6.29. The number of rotatable bonds is 7. The van der Waals surface area contributed by atoms with E-state index in [2.05, 4.69) is 53.3 Å². The zero-order chi connectivity index (χ0) is 23.4. The van der Waals surface area contributed by atoms with Gasteiger partial charge in [0.2, 0.25) is 17.6 Å². The maximum Gasteiger partial charge on any atom is 0.241 e. The number of aryl methyl sites for hydroxylation is 1. The highest BCUT2D eigenvalue weighted by Gasteiger charge is 2.29. The Hall–Kier alpha value is -3.06. The summed E-state index contributed by atoms with van der Waals surface area (Å²) in [5.74, 6) is 0.938. The number of carbonyl (C=O) groups is 1. The van der Waals surface area contributed by atoms with E-state index in [0.29, 0.717) is 30.4 Å². The highest BCUT2D eigenvalue weighted by Crippen LogP contribution is 2.27. The molecule has 4 rings (SSSR count). The summed E-state index contributed by atoms with van der Waals surface area (Å²) in [5.41, 5.74) is 3.07. The van der Waals surface area contributed by atoms with Gasteiger partial charge in [0.1, 0.15) is 5.82 Å². The fourth-order valence-electron chi connectivity index (χ4n) is 4.45. The minimum absolute atomic E-state index is 0.0108. The zero-order valence-electron chi connectivity index (χ0n) is 19.4. The van der Waals surface area contributed by atoms with Crippen molar-refractivity contribution < 1.29 is 13.7 Å². The number of aromatic nitrogens is 2. The molecule has 174 valence electrons. The van der Waals surface area contributed by atoms with E-state index in [1.807, 2.05) is 12.1 Å². The van der Waals surface area contributed by atoms with Crippen molar-refractivity contribution in [2.24, 2.45) is 11.8 Å². The lowest BCUT2D eigenvalue weighted by Crippen LogP contribution is -2.44. The van der Waals surface area contributed by atoms with Crippen LogP contribution in [-0.2, 0) is 11.3 Å². The number of hydrogen-bond acceptors (Lipinski definition) is 5. The summed E-state index contributed by atoms with van der Waals surface area (Å²) in [7, 11) is 0. The SMILES string of the molecule is Cc1ccccc1C(NC(=O)C1CCCN(Cc2nc(-c3ccc(F)cc3)no2)C1)C(C)C. The smallest absolute Gasteiger partial charge is 0.241 e. The molecule has 1 N–H and O–H groups in total. The average Bonchev–Trinajstić information content (AvgIpc) is 3.27. The van der Waals surface area contributed by atoms with E-state index in [0.717, 1.165) is 19.4 Å². The molecule has 0 spiro atoms. The predicted molar refractivity (Wildman–Crippen MR) is 125 cm³/mol. The molecule has 1 saturated heterocycles. The molecule has 3 aromatic rings. The molecule has 2 aromatic carbocycles. The minimum Gasteiger partial charge on any atom is -0.349 e. The lowest BCUT2D eigenvalue weighted by molar-refractivity contribution is -0.128. The van der Waals surface area contributed by atoms with Gasteiger partial charge in [-0.3, -0.25) is 9.69 Å². The van der Waals surface area contributed by atoms with Crippen LogP contribution in [0, 0.1) is 24.6 Å². The molecule has 1 aliphatic heterocycles. The molecule has 6 nitrogen and oxygen atoms in total. The Morgan fingerprint density at radius 1 is 1.21 bits per heavy atom. The van der Waals surface area contributed by atoms with Crippen LogP contribution in [-0.4, -0.2) is 34.0 Å². The van der Waals surface area contributed by atoms with Crippen LogP contribution in [0.15, 0.2) is 53.1 Å². The highest BCUT2D eigenvalue weighted by molar-refractivity contribution is 5.79. The van der Waals surface area contributed by atoms with Crippen molar-refractivity contribution in [1.29, 1.82) is 0 Å². The van der Waals surface area contributed by atoms with E-state index in [-0.39, 0.29) is 29.6 Å². The topological polar surface area (TPSA) is 71.3 Å². The van der Waals surface area contributed by atoms with Crippen molar-refractivity contribution in [3.8, 4) is 11.4 Å². The van der Waals surface area contributed by atoms with Crippen molar-refractivity contribution in [2.45, 2.75) is 46.2 Å². The van der Waals surface area contributed by atoms with Crippen LogP contribution < -0.4 is 5.32 Å². The van der Waals surface area contributed by atoms with E-state index < -0.39 is 0 Å². The van der Waals surface area contributed by atoms with Gasteiger partial charge in [-0.1, -0.05) is 43.3 Å². The van der Waals surface area contributed by atoms with Gasteiger partial charge < -0.3 is 9.84 Å². The van der Waals surface area contributed by atoms with E-state index in [4.69, 9.17) is 4.52 Å². The first kappa shape index (κ1) is 23.1. The summed E-state index contributed by atoms with van der Waals surface area (Å²) < 4.78 is 18.6. The molecule has 0 aliphatic carbocycles. The predicted octanol–water partition coefficient (Wildman–Crippen LogP) is 4.91. The van der Waals surface area contributed by atoms with Crippen LogP contribution in [0.25, 0.3) is 11.4 Å². The number of benzene rings is 2. The Labute approximate surface area is 194 Å². The van der Waals surface area contributed by atoms with Gasteiger partial charge in [0.05, 0.1) is 18.5 Å². The second-order valence-electron chi connectivity index (χ2n) is 9.18. The summed E-state index contributed by atoms with van der Waals surface area (Å²) >= 11 is 0. The van der Waals surface area contributed by atoms with E-state index in [1.54, 1.807) is 12.1 Å². The van der Waals surface area contributed by atoms with Gasteiger partial charge in [-0.2, -0.15) is 4.98 Å². The van der Waals surface area contributed by atoms with E-state index in [1.165, 1.54) is 23.3 Å². The molecule has 1 aromatic heterocycles. The fourth-order valence-corrected chi connectivity index (χ4v) is 4.45. The third-order valence-electron chi connectivity index (χ3n) is 6.29. The first-order valence-electron chi connectivity index (χ1n) is 11.6. The second kappa shape index (κ2) is 10.3. The minimum atomic E-state index is -0.303. The van der Waals surface area contributed by atoms with Crippen LogP contribution >= 0.6 is 0 Å². The first-order chi connectivity index (χ1) is 15.9. The highest BCUT2D eigenvalue weighted by atomic mass is 19.1. The van der Waals surface area contributed by atoms with Crippen molar-refractivity contribution in [3.05, 3.63) is 71.4 Å². The maximum atomic E-state index is 13.2. The quantitative estimate of drug-likeness (QED) is 0.554. The van der Waals surface area contributed by atoms with Crippen molar-refractivity contribution in [3.63, 3.8) is 0 Å². The van der Waals surface area contributed by atoms with Crippen molar-refractivity contribution in [1.82, 2.24) is 20.4 Å². The summed E-state index contributed by atoms with van der Waals surface area (Å²) in [6.07, 6.45) is 1.80. The van der Waals surface area contributed by atoms with Crippen molar-refractivity contribution in [2.75, 3.05) is 13.1 Å². The van der Waals surface area contributed by atoms with Gasteiger partial charge >= 0.3 is 0 Å². The van der Waals surface area contributed by atoms with Crippen LogP contribution in [0.2, 0.25) is 0 Å². The lowest BCUT2D eigenvalue weighted by atomic mass is 9.91. The molecule has 7 heteroatoms. The molecule has 1 aliphatic rings. The Kier molecular flexibility index (Phi) is 7.18. The largest absolute Gasteiger partial charge is 0.349 e. The molecule has 0 saturated carbocycles. The van der Waals surface area contributed by atoms with Gasteiger partial charge in [-0.25, -0.2) is 4.39 Å². The lowest BCUT2D eigenvalue weighted by Gasteiger charge is -2.33. The second-order valence-corrected chi connectivity index (χ2v) is 9.18. The molecule has 33 heavy (non-hydrogen) atoms. The summed E-state index contributed by atoms with van der Waals surface area (Å²) in [5, 5.41) is 7.33. The third kappa shape index (κ3) is 5.66. The number of carbonyl (C=O) groups excluding carboxylic acids is 1. The summed E-state index contributed by atoms with van der Waals surface area (Å²) in [6.45, 7) is 8.38. The number of amides is 1. The van der Waals surface area contributed by atoms with Crippen LogP contribution in [0.4, 0.5) is 4.39 Å². The fraction of sp³-hybridized carbons (Fsp3) is 0.423. The Balaban J connectivity index is 1.38. The molecular formula is C26H31FN4O2. The molecule has 1 fully saturated rings. The normalized spacial score (nSPS) is 17.8. The average molecular weight is 451 g/mol. The number of hydrogen-bond donors (Lipinski definition) is 1. The number of likely N-dealkylation sites (tertiary alicyclic amines) is 1. The molecular weight excluding hydrogens is 419 g/mol. The number of halogens is 1. The van der Waals surface area contributed by atoms with Crippen molar-refractivity contribution >= 4 is 5.91 Å². The number of nitrogens with one attached hydrogen (secondary N) is 1. The Bertz CT molecular complexity index is 1080. The maximum absolute atomic E-state index is 13.2. The Morgan fingerprint density at radius 2 is 1.97 bits per heavy atom. The van der Waals surface area contributed by atoms with Crippen LogP contribution in [0.5, 0.6) is 0 Å². The molecule has 0 bridgehead atoms. The molecule has 2 atom stereocenters. The number of nitrogens with zero attached hydrogens (tertiary/aromatic N) is 3. The molecule has 2 heterocycles. The van der Waals surface area contributed by atoms with Gasteiger partial charge in [0.25, 0.3) is 0 Å². The molecule has 2 unspecified atom stereocenters. The van der Waals surface area contributed by atoms with Gasteiger partial charge in [-0.15, -0.1) is 0 Å². The van der Waals surface area contributed by atoms with Gasteiger partial charge in [0, 0.05) is 12.1 Å². The van der Waals surface area contributed by atoms with E-state index in [9.17, 15) is 9.18 Å². The zero-order valence-corrected chi connectivity index (χ0v) is 19.4. The molecule has 1 amide bonds. The molecule has 0 radical (unpaired) electrons. The standard InChI is InChI=1S/C26H31FN4O2/c1-17(2)24(22-9-5-4-7-18(22)3)29-26(32)20-8-6-14-31(15-20)16-23-28-25(30-33-23)19-10-12-21(27)13-11-19/h4-5,7,9-13,17,20,24H,6,8,14-16H2,1-3H3,(H,29,32).